The van der Waals surface area contributed by atoms with Gasteiger partial charge in [-0.1, -0.05) is 6.92 Å². The van der Waals surface area contributed by atoms with E-state index in [0.717, 1.165) is 36.1 Å². The molecular weight excluding hydrogens is 362 g/mol. The molecule has 0 radical (unpaired) electrons. The summed E-state index contributed by atoms with van der Waals surface area (Å²) in [5, 5.41) is 17.4. The topological polar surface area (TPSA) is 104 Å². The van der Waals surface area contributed by atoms with E-state index in [9.17, 15) is 14.4 Å². The molecule has 7 heteroatoms. The van der Waals surface area contributed by atoms with Crippen LogP contribution in [-0.2, 0) is 16.0 Å². The van der Waals surface area contributed by atoms with Crippen molar-refractivity contribution >= 4 is 17.8 Å². The highest BCUT2D eigenvalue weighted by Crippen LogP contribution is 2.42. The number of amides is 1. The minimum Gasteiger partial charge on any atom is -0.496 e. The van der Waals surface area contributed by atoms with Crippen molar-refractivity contribution in [2.24, 2.45) is 0 Å². The Hall–Kier alpha value is -2.83. The summed E-state index contributed by atoms with van der Waals surface area (Å²) in [4.78, 5) is 33.8. The second kappa shape index (κ2) is 10.5. The molecule has 1 aromatic carbocycles. The molecule has 0 fully saturated rings. The summed E-state index contributed by atoms with van der Waals surface area (Å²) in [5.41, 5.74) is 3.72. The fraction of sp³-hybridized carbons (Fsp3) is 0.476. The lowest BCUT2D eigenvalue weighted by molar-refractivity contribution is -0.132. The van der Waals surface area contributed by atoms with Crippen molar-refractivity contribution in [1.29, 1.82) is 0 Å². The second-order valence-corrected chi connectivity index (χ2v) is 6.59. The minimum atomic E-state index is -1.10. The van der Waals surface area contributed by atoms with Crippen LogP contribution in [0.3, 0.4) is 0 Å². The average molecular weight is 391 g/mol. The number of hydrogen-bond acceptors (Lipinski definition) is 4. The van der Waals surface area contributed by atoms with Crippen molar-refractivity contribution in [1.82, 2.24) is 4.90 Å². The number of benzene rings is 1. The van der Waals surface area contributed by atoms with Crippen molar-refractivity contribution < 1.29 is 29.3 Å². The van der Waals surface area contributed by atoms with Crippen molar-refractivity contribution in [3.63, 3.8) is 0 Å². The molecule has 7 nitrogen and oxygen atoms in total. The van der Waals surface area contributed by atoms with Crippen LogP contribution in [0.15, 0.2) is 18.2 Å². The van der Waals surface area contributed by atoms with Crippen LogP contribution in [0.1, 0.15) is 60.2 Å². The van der Waals surface area contributed by atoms with E-state index in [4.69, 9.17) is 14.9 Å². The Bertz CT molecular complexity index is 765. The SMILES string of the molecule is CCN(CC)C(=O)/C=C\C(=O)O.COc1c(C(=O)O)cc(C)c2c1CCC2C. The number of carboxylic acid groups (broad SMARTS) is 2. The number of carbonyl (C=O) groups excluding carboxylic acids is 1. The summed E-state index contributed by atoms with van der Waals surface area (Å²) >= 11 is 0. The van der Waals surface area contributed by atoms with Gasteiger partial charge in [-0.2, -0.15) is 0 Å². The highest BCUT2D eigenvalue weighted by atomic mass is 16.5. The van der Waals surface area contributed by atoms with Crippen molar-refractivity contribution in [2.45, 2.75) is 46.5 Å². The van der Waals surface area contributed by atoms with Crippen LogP contribution >= 0.6 is 0 Å². The number of rotatable bonds is 6. The molecule has 1 amide bonds. The van der Waals surface area contributed by atoms with Gasteiger partial charge in [-0.3, -0.25) is 4.79 Å². The summed E-state index contributed by atoms with van der Waals surface area (Å²) < 4.78 is 5.27. The molecule has 0 saturated heterocycles. The predicted molar refractivity (Wildman–Crippen MR) is 106 cm³/mol. The number of likely N-dealkylation sites (N-methyl/N-ethyl adjacent to an activating group) is 1. The summed E-state index contributed by atoms with van der Waals surface area (Å²) in [5.74, 6) is -1.22. The van der Waals surface area contributed by atoms with Crippen LogP contribution in [0, 0.1) is 6.92 Å². The molecule has 1 atom stereocenters. The minimum absolute atomic E-state index is 0.262. The lowest BCUT2D eigenvalue weighted by Crippen LogP contribution is -2.28. The number of nitrogens with zero attached hydrogens (tertiary/aromatic N) is 1. The number of aromatic carboxylic acids is 1. The third-order valence-electron chi connectivity index (χ3n) is 4.83. The zero-order valence-corrected chi connectivity index (χ0v) is 17.1. The first-order valence-corrected chi connectivity index (χ1v) is 9.31. The summed E-state index contributed by atoms with van der Waals surface area (Å²) in [6, 6.07) is 1.72. The van der Waals surface area contributed by atoms with Gasteiger partial charge in [-0.05, 0) is 62.3 Å². The Morgan fingerprint density at radius 3 is 2.29 bits per heavy atom. The van der Waals surface area contributed by atoms with E-state index in [0.29, 0.717) is 24.8 Å². The zero-order valence-electron chi connectivity index (χ0n) is 17.1. The number of aryl methyl sites for hydroxylation is 1. The predicted octanol–water partition coefficient (Wildman–Crippen LogP) is 3.25. The average Bonchev–Trinajstić information content (AvgIpc) is 3.03. The maximum Gasteiger partial charge on any atom is 0.339 e. The molecule has 0 saturated carbocycles. The maximum absolute atomic E-state index is 11.1. The van der Waals surface area contributed by atoms with E-state index in [1.165, 1.54) is 5.56 Å². The van der Waals surface area contributed by atoms with Crippen LogP contribution < -0.4 is 4.74 Å². The van der Waals surface area contributed by atoms with Gasteiger partial charge in [0, 0.05) is 25.2 Å². The molecule has 2 N–H and O–H groups in total. The van der Waals surface area contributed by atoms with E-state index < -0.39 is 11.9 Å². The second-order valence-electron chi connectivity index (χ2n) is 6.59. The number of carbonyl (C=O) groups is 3. The number of carboxylic acids is 2. The molecule has 1 aliphatic carbocycles. The molecule has 28 heavy (non-hydrogen) atoms. The third kappa shape index (κ3) is 5.58. The highest BCUT2D eigenvalue weighted by Gasteiger charge is 2.27. The quantitative estimate of drug-likeness (QED) is 0.722. The van der Waals surface area contributed by atoms with Crippen LogP contribution in [-0.4, -0.2) is 53.2 Å². The fourth-order valence-corrected chi connectivity index (χ4v) is 3.50. The van der Waals surface area contributed by atoms with Gasteiger partial charge in [0.25, 0.3) is 0 Å². The number of methoxy groups -OCH3 is 1. The number of fused-ring (bicyclic) bond motifs is 1. The van der Waals surface area contributed by atoms with Crippen molar-refractivity contribution in [2.75, 3.05) is 20.2 Å². The maximum atomic E-state index is 11.1. The Kier molecular flexibility index (Phi) is 8.70. The van der Waals surface area contributed by atoms with E-state index >= 15 is 0 Å². The molecule has 0 bridgehead atoms. The molecular formula is C21H29NO6. The van der Waals surface area contributed by atoms with Crippen LogP contribution in [0.25, 0.3) is 0 Å². The van der Waals surface area contributed by atoms with E-state index in [-0.39, 0.29) is 11.5 Å². The Balaban J connectivity index is 0.000000295. The van der Waals surface area contributed by atoms with E-state index in [2.05, 4.69) is 6.92 Å². The van der Waals surface area contributed by atoms with Gasteiger partial charge in [0.05, 0.1) is 7.11 Å². The van der Waals surface area contributed by atoms with Crippen LogP contribution in [0.4, 0.5) is 0 Å². The molecule has 1 aromatic rings. The first-order valence-electron chi connectivity index (χ1n) is 9.31. The fourth-order valence-electron chi connectivity index (χ4n) is 3.50. The van der Waals surface area contributed by atoms with Gasteiger partial charge in [-0.25, -0.2) is 9.59 Å². The Morgan fingerprint density at radius 1 is 1.21 bits per heavy atom. The molecule has 0 spiro atoms. The van der Waals surface area contributed by atoms with Gasteiger partial charge in [0.2, 0.25) is 5.91 Å². The van der Waals surface area contributed by atoms with Crippen molar-refractivity contribution in [3.05, 3.63) is 40.5 Å². The van der Waals surface area contributed by atoms with Gasteiger partial charge < -0.3 is 19.8 Å². The van der Waals surface area contributed by atoms with Gasteiger partial charge in [0.1, 0.15) is 11.3 Å². The molecule has 0 aromatic heterocycles. The van der Waals surface area contributed by atoms with E-state index in [1.807, 2.05) is 20.8 Å². The summed E-state index contributed by atoms with van der Waals surface area (Å²) in [7, 11) is 1.54. The van der Waals surface area contributed by atoms with Gasteiger partial charge in [0.15, 0.2) is 0 Å². The number of ether oxygens (including phenoxy) is 1. The standard InChI is InChI=1S/C13H16O3.C8H13NO3/c1-7-4-5-9-11(7)8(2)6-10(13(14)15)12(9)16-3;1-3-9(4-2)7(10)5-6-8(11)12/h6-7H,4-5H2,1-3H3,(H,14,15);5-6H,3-4H2,1-2H3,(H,11,12)/b;6-5-. The van der Waals surface area contributed by atoms with Gasteiger partial charge >= 0.3 is 11.9 Å². The molecule has 1 unspecified atom stereocenters. The molecule has 0 aliphatic heterocycles. The summed E-state index contributed by atoms with van der Waals surface area (Å²) in [6.45, 7) is 9.04. The molecule has 2 rings (SSSR count). The number of aliphatic carboxylic acids is 1. The largest absolute Gasteiger partial charge is 0.496 e. The molecule has 154 valence electrons. The monoisotopic (exact) mass is 391 g/mol. The van der Waals surface area contributed by atoms with Crippen LogP contribution in [0.5, 0.6) is 5.75 Å². The smallest absolute Gasteiger partial charge is 0.339 e. The highest BCUT2D eigenvalue weighted by molar-refractivity contribution is 5.94. The Labute approximate surface area is 165 Å². The zero-order chi connectivity index (χ0) is 21.4. The van der Waals surface area contributed by atoms with Crippen LogP contribution in [0.2, 0.25) is 0 Å². The first kappa shape index (κ1) is 23.2. The van der Waals surface area contributed by atoms with Gasteiger partial charge in [-0.15, -0.1) is 0 Å². The first-order chi connectivity index (χ1) is 13.2. The summed E-state index contributed by atoms with van der Waals surface area (Å²) in [6.07, 6.45) is 3.91. The normalized spacial score (nSPS) is 14.8. The third-order valence-corrected chi connectivity index (χ3v) is 4.83. The van der Waals surface area contributed by atoms with E-state index in [1.54, 1.807) is 18.1 Å². The molecule has 0 heterocycles. The Morgan fingerprint density at radius 2 is 1.82 bits per heavy atom. The van der Waals surface area contributed by atoms with Crippen molar-refractivity contribution in [3.8, 4) is 5.75 Å². The molecule has 1 aliphatic rings. The lowest BCUT2D eigenvalue weighted by atomic mass is 9.95. The number of hydrogen-bond donors (Lipinski definition) is 2. The lowest BCUT2D eigenvalue weighted by Gasteiger charge is -2.15.